The van der Waals surface area contributed by atoms with E-state index in [1.165, 1.54) is 18.2 Å². The van der Waals surface area contributed by atoms with Crippen LogP contribution in [0, 0.1) is 11.8 Å². The Balaban J connectivity index is 3.33. The third-order valence-corrected chi connectivity index (χ3v) is 1.64. The molecular weight excluding hydrogens is 196 g/mol. The van der Waals surface area contributed by atoms with E-state index in [2.05, 4.69) is 5.92 Å². The lowest BCUT2D eigenvalue weighted by Gasteiger charge is -2.01. The summed E-state index contributed by atoms with van der Waals surface area (Å²) in [7, 11) is 0. The number of hydrogen-bond donors (Lipinski definition) is 3. The Hall–Kier alpha value is -2.48. The molecule has 0 spiro atoms. The van der Waals surface area contributed by atoms with Crippen LogP contribution in [0.25, 0.3) is 0 Å². The molecule has 5 heteroatoms. The number of benzene rings is 1. The number of nitrogens with two attached hydrogens (primary N) is 2. The number of carboxylic acids is 1. The molecule has 0 radical (unpaired) electrons. The van der Waals surface area contributed by atoms with Crippen LogP contribution in [0.5, 0.6) is 0 Å². The molecule has 0 saturated heterocycles. The summed E-state index contributed by atoms with van der Waals surface area (Å²) in [6.45, 7) is 0. The number of aromatic carboxylic acids is 1. The van der Waals surface area contributed by atoms with Gasteiger partial charge in [0, 0.05) is 11.6 Å². The fraction of sp³-hybridized carbons (Fsp3) is 0. The van der Waals surface area contributed by atoms with Gasteiger partial charge in [-0.2, -0.15) is 0 Å². The maximum absolute atomic E-state index is 10.8. The third kappa shape index (κ3) is 2.48. The molecule has 1 rings (SSSR count). The molecule has 0 aliphatic heterocycles. The predicted molar refractivity (Wildman–Crippen MR) is 53.9 cm³/mol. The number of rotatable bonds is 1. The molecule has 5 nitrogen and oxygen atoms in total. The number of carboxylic acid groups (broad SMARTS) is 1. The maximum Gasteiger partial charge on any atom is 0.337 e. The van der Waals surface area contributed by atoms with Crippen molar-refractivity contribution in [3.05, 3.63) is 29.3 Å². The summed E-state index contributed by atoms with van der Waals surface area (Å²) >= 11 is 0. The third-order valence-electron chi connectivity index (χ3n) is 1.64. The van der Waals surface area contributed by atoms with Gasteiger partial charge in [-0.3, -0.25) is 4.79 Å². The van der Waals surface area contributed by atoms with Crippen LogP contribution in [0.4, 0.5) is 5.69 Å². The first kappa shape index (κ1) is 10.6. The molecule has 5 N–H and O–H groups in total. The van der Waals surface area contributed by atoms with Gasteiger partial charge in [-0.25, -0.2) is 4.79 Å². The zero-order valence-corrected chi connectivity index (χ0v) is 7.65. The first-order valence-corrected chi connectivity index (χ1v) is 3.95. The van der Waals surface area contributed by atoms with Crippen molar-refractivity contribution in [2.75, 3.05) is 5.73 Å². The first-order chi connectivity index (χ1) is 7.02. The van der Waals surface area contributed by atoms with Gasteiger partial charge in [0.2, 0.25) is 0 Å². The Morgan fingerprint density at radius 3 is 2.53 bits per heavy atom. The van der Waals surface area contributed by atoms with Crippen molar-refractivity contribution < 1.29 is 14.7 Å². The van der Waals surface area contributed by atoms with Gasteiger partial charge in [0.05, 0.1) is 11.1 Å². The fourth-order valence-corrected chi connectivity index (χ4v) is 1.01. The topological polar surface area (TPSA) is 106 Å². The number of carbonyl (C=O) groups is 2. The number of carbonyl (C=O) groups excluding carboxylic acids is 1. The Morgan fingerprint density at radius 1 is 1.33 bits per heavy atom. The normalized spacial score (nSPS) is 8.80. The van der Waals surface area contributed by atoms with Crippen LogP contribution in [-0.4, -0.2) is 17.0 Å². The highest BCUT2D eigenvalue weighted by atomic mass is 16.4. The maximum atomic E-state index is 10.8. The van der Waals surface area contributed by atoms with E-state index in [0.717, 1.165) is 0 Å². The second kappa shape index (κ2) is 4.15. The molecule has 0 heterocycles. The minimum atomic E-state index is -1.16. The van der Waals surface area contributed by atoms with Crippen LogP contribution < -0.4 is 11.5 Å². The number of primary amides is 1. The van der Waals surface area contributed by atoms with Crippen LogP contribution in [0.2, 0.25) is 0 Å². The molecule has 1 aromatic carbocycles. The average molecular weight is 204 g/mol. The molecule has 0 atom stereocenters. The Labute approximate surface area is 85.7 Å². The summed E-state index contributed by atoms with van der Waals surface area (Å²) in [6.07, 6.45) is 0. The summed E-state index contributed by atoms with van der Waals surface area (Å²) in [6, 6.07) is 4.34. The number of anilines is 1. The zero-order valence-electron chi connectivity index (χ0n) is 7.65. The lowest BCUT2D eigenvalue weighted by atomic mass is 10.1. The van der Waals surface area contributed by atoms with Crippen molar-refractivity contribution in [2.45, 2.75) is 0 Å². The van der Waals surface area contributed by atoms with Gasteiger partial charge < -0.3 is 16.6 Å². The molecule has 0 bridgehead atoms. The van der Waals surface area contributed by atoms with E-state index in [9.17, 15) is 9.59 Å². The SMILES string of the molecule is NC(=O)C#Cc1c(N)cccc1C(=O)O. The average Bonchev–Trinajstić information content (AvgIpc) is 2.15. The number of hydrogen-bond acceptors (Lipinski definition) is 3. The van der Waals surface area contributed by atoms with Gasteiger partial charge in [-0.15, -0.1) is 0 Å². The summed E-state index contributed by atoms with van der Waals surface area (Å²) < 4.78 is 0. The van der Waals surface area contributed by atoms with E-state index in [4.69, 9.17) is 16.6 Å². The molecule has 0 aliphatic carbocycles. The van der Waals surface area contributed by atoms with E-state index < -0.39 is 11.9 Å². The highest BCUT2D eigenvalue weighted by Gasteiger charge is 2.10. The van der Waals surface area contributed by atoms with Gasteiger partial charge in [-0.1, -0.05) is 12.0 Å². The lowest BCUT2D eigenvalue weighted by Crippen LogP contribution is -2.07. The van der Waals surface area contributed by atoms with E-state index >= 15 is 0 Å². The van der Waals surface area contributed by atoms with Gasteiger partial charge in [0.1, 0.15) is 0 Å². The molecule has 0 aromatic heterocycles. The summed E-state index contributed by atoms with van der Waals surface area (Å²) in [4.78, 5) is 21.2. The monoisotopic (exact) mass is 204 g/mol. The first-order valence-electron chi connectivity index (χ1n) is 3.95. The fourth-order valence-electron chi connectivity index (χ4n) is 1.01. The van der Waals surface area contributed by atoms with Crippen molar-refractivity contribution in [3.63, 3.8) is 0 Å². The molecule has 1 amide bonds. The van der Waals surface area contributed by atoms with Gasteiger partial charge in [0.25, 0.3) is 5.91 Å². The lowest BCUT2D eigenvalue weighted by molar-refractivity contribution is -0.112. The quantitative estimate of drug-likeness (QED) is 0.435. The zero-order chi connectivity index (χ0) is 11.4. The summed E-state index contributed by atoms with van der Waals surface area (Å²) in [5, 5.41) is 8.82. The summed E-state index contributed by atoms with van der Waals surface area (Å²) in [5.41, 5.74) is 10.6. The van der Waals surface area contributed by atoms with Crippen molar-refractivity contribution in [1.82, 2.24) is 0 Å². The molecule has 0 aliphatic rings. The Bertz CT molecular complexity index is 483. The largest absolute Gasteiger partial charge is 0.478 e. The van der Waals surface area contributed by atoms with Crippen LogP contribution >= 0.6 is 0 Å². The van der Waals surface area contributed by atoms with Gasteiger partial charge in [-0.05, 0) is 12.1 Å². The van der Waals surface area contributed by atoms with Gasteiger partial charge >= 0.3 is 5.97 Å². The second-order valence-electron chi connectivity index (χ2n) is 2.69. The molecular formula is C10H8N2O3. The molecule has 0 saturated carbocycles. The molecule has 1 aromatic rings. The highest BCUT2D eigenvalue weighted by Crippen LogP contribution is 2.15. The minimum Gasteiger partial charge on any atom is -0.478 e. The van der Waals surface area contributed by atoms with E-state index in [1.807, 2.05) is 5.92 Å². The standard InChI is InChI=1S/C10H8N2O3/c11-8-3-1-2-7(10(14)15)6(8)4-5-9(12)13/h1-3H,11H2,(H2,12,13)(H,14,15). The van der Waals surface area contributed by atoms with Crippen LogP contribution in [0.15, 0.2) is 18.2 Å². The number of amides is 1. The predicted octanol–water partition coefficient (Wildman–Crippen LogP) is -0.196. The van der Waals surface area contributed by atoms with E-state index in [1.54, 1.807) is 0 Å². The smallest absolute Gasteiger partial charge is 0.337 e. The highest BCUT2D eigenvalue weighted by molar-refractivity contribution is 5.96. The number of nitrogen functional groups attached to an aromatic ring is 1. The van der Waals surface area contributed by atoms with Crippen LogP contribution in [0.3, 0.4) is 0 Å². The van der Waals surface area contributed by atoms with Crippen molar-refractivity contribution >= 4 is 17.6 Å². The van der Waals surface area contributed by atoms with E-state index in [0.29, 0.717) is 0 Å². The Morgan fingerprint density at radius 2 is 2.00 bits per heavy atom. The molecule has 0 unspecified atom stereocenters. The van der Waals surface area contributed by atoms with Crippen molar-refractivity contribution in [3.8, 4) is 11.8 Å². The van der Waals surface area contributed by atoms with Crippen molar-refractivity contribution in [1.29, 1.82) is 0 Å². The Kier molecular flexibility index (Phi) is 2.94. The van der Waals surface area contributed by atoms with Crippen molar-refractivity contribution in [2.24, 2.45) is 5.73 Å². The molecule has 76 valence electrons. The summed E-state index contributed by atoms with van der Waals surface area (Å²) in [5.74, 6) is 2.38. The van der Waals surface area contributed by atoms with E-state index in [-0.39, 0.29) is 16.8 Å². The second-order valence-corrected chi connectivity index (χ2v) is 2.69. The van der Waals surface area contributed by atoms with Crippen LogP contribution in [-0.2, 0) is 4.79 Å². The van der Waals surface area contributed by atoms with Crippen LogP contribution in [0.1, 0.15) is 15.9 Å². The molecule has 0 fully saturated rings. The molecule has 15 heavy (non-hydrogen) atoms. The van der Waals surface area contributed by atoms with Gasteiger partial charge in [0.15, 0.2) is 0 Å². The minimum absolute atomic E-state index is 0.0521.